The third kappa shape index (κ3) is 2.71. The van der Waals surface area contributed by atoms with Gasteiger partial charge in [0.1, 0.15) is 11.6 Å². The van der Waals surface area contributed by atoms with E-state index >= 15 is 0 Å². The van der Waals surface area contributed by atoms with Gasteiger partial charge < -0.3 is 15.7 Å². The zero-order valence-electron chi connectivity index (χ0n) is 10.1. The molecule has 3 N–H and O–H groups in total. The number of hydrogen-bond donors (Lipinski definition) is 2. The van der Waals surface area contributed by atoms with Crippen LogP contribution in [0.4, 0.5) is 15.8 Å². The maximum Gasteiger partial charge on any atom is 0.146 e. The van der Waals surface area contributed by atoms with E-state index in [1.807, 2.05) is 24.1 Å². The first-order valence-corrected chi connectivity index (χ1v) is 5.60. The summed E-state index contributed by atoms with van der Waals surface area (Å²) in [5, 5.41) is 9.21. The Morgan fingerprint density at radius 3 is 2.44 bits per heavy atom. The molecule has 0 unspecified atom stereocenters. The van der Waals surface area contributed by atoms with Crippen LogP contribution in [0.5, 0.6) is 5.75 Å². The second-order valence-electron chi connectivity index (χ2n) is 4.23. The monoisotopic (exact) mass is 246 g/mol. The van der Waals surface area contributed by atoms with Gasteiger partial charge in [-0.1, -0.05) is 6.07 Å². The van der Waals surface area contributed by atoms with Crippen LogP contribution in [-0.2, 0) is 6.54 Å². The van der Waals surface area contributed by atoms with Crippen LogP contribution in [0.25, 0.3) is 0 Å². The van der Waals surface area contributed by atoms with Gasteiger partial charge in [0.05, 0.1) is 5.69 Å². The van der Waals surface area contributed by atoms with Crippen molar-refractivity contribution in [3.8, 4) is 5.75 Å². The molecule has 0 heterocycles. The Hall–Kier alpha value is -2.23. The fourth-order valence-electron chi connectivity index (χ4n) is 1.74. The molecular formula is C14H15FN2O. The van der Waals surface area contributed by atoms with Gasteiger partial charge in [0.25, 0.3) is 0 Å². The molecule has 0 fully saturated rings. The molecule has 0 amide bonds. The lowest BCUT2D eigenvalue weighted by Crippen LogP contribution is -2.16. The van der Waals surface area contributed by atoms with Crippen molar-refractivity contribution >= 4 is 11.4 Å². The number of anilines is 2. The first-order chi connectivity index (χ1) is 8.56. The molecular weight excluding hydrogens is 231 g/mol. The maximum absolute atomic E-state index is 13.3. The quantitative estimate of drug-likeness (QED) is 0.819. The number of aromatic hydroxyl groups is 1. The molecule has 3 nitrogen and oxygen atoms in total. The zero-order valence-corrected chi connectivity index (χ0v) is 10.1. The SMILES string of the molecule is CN(Cc1ccc(N)c(F)c1)c1ccc(O)cc1. The van der Waals surface area contributed by atoms with Crippen LogP contribution < -0.4 is 10.6 Å². The molecule has 0 atom stereocenters. The molecule has 0 radical (unpaired) electrons. The van der Waals surface area contributed by atoms with Crippen LogP contribution in [0.15, 0.2) is 42.5 Å². The van der Waals surface area contributed by atoms with Crippen LogP contribution in [-0.4, -0.2) is 12.2 Å². The molecule has 0 aliphatic carbocycles. The van der Waals surface area contributed by atoms with Gasteiger partial charge >= 0.3 is 0 Å². The number of halogens is 1. The van der Waals surface area contributed by atoms with Gasteiger partial charge in [0.2, 0.25) is 0 Å². The van der Waals surface area contributed by atoms with Crippen LogP contribution in [0, 0.1) is 5.82 Å². The summed E-state index contributed by atoms with van der Waals surface area (Å²) in [6.45, 7) is 0.571. The van der Waals surface area contributed by atoms with Crippen molar-refractivity contribution in [2.75, 3.05) is 17.7 Å². The number of nitrogens with two attached hydrogens (primary N) is 1. The summed E-state index contributed by atoms with van der Waals surface area (Å²) < 4.78 is 13.3. The summed E-state index contributed by atoms with van der Waals surface area (Å²) in [7, 11) is 1.90. The van der Waals surface area contributed by atoms with E-state index in [1.165, 1.54) is 6.07 Å². The Kier molecular flexibility index (Phi) is 3.37. The van der Waals surface area contributed by atoms with Crippen LogP contribution in [0.3, 0.4) is 0 Å². The summed E-state index contributed by atoms with van der Waals surface area (Å²) in [6, 6.07) is 11.7. The number of nitrogen functional groups attached to an aromatic ring is 1. The van der Waals surface area contributed by atoms with Gasteiger partial charge in [-0.15, -0.1) is 0 Å². The van der Waals surface area contributed by atoms with E-state index in [9.17, 15) is 9.50 Å². The van der Waals surface area contributed by atoms with Gasteiger partial charge in [-0.3, -0.25) is 0 Å². The van der Waals surface area contributed by atoms with Crippen molar-refractivity contribution in [1.29, 1.82) is 0 Å². The Morgan fingerprint density at radius 2 is 1.83 bits per heavy atom. The fourth-order valence-corrected chi connectivity index (χ4v) is 1.74. The molecule has 0 aliphatic rings. The minimum Gasteiger partial charge on any atom is -0.508 e. The standard InChI is InChI=1S/C14H15FN2O/c1-17(11-3-5-12(18)6-4-11)9-10-2-7-14(16)13(15)8-10/h2-8,18H,9,16H2,1H3. The van der Waals surface area contributed by atoms with E-state index < -0.39 is 5.82 Å². The molecule has 2 aromatic carbocycles. The molecule has 4 heteroatoms. The highest BCUT2D eigenvalue weighted by molar-refractivity contribution is 5.49. The minimum absolute atomic E-state index is 0.158. The first kappa shape index (κ1) is 12.2. The Labute approximate surface area is 105 Å². The van der Waals surface area contributed by atoms with E-state index in [-0.39, 0.29) is 11.4 Å². The van der Waals surface area contributed by atoms with Crippen LogP contribution >= 0.6 is 0 Å². The predicted octanol–water partition coefficient (Wildman–Crippen LogP) is 2.75. The van der Waals surface area contributed by atoms with Crippen LogP contribution in [0.2, 0.25) is 0 Å². The van der Waals surface area contributed by atoms with Gasteiger partial charge in [0, 0.05) is 19.3 Å². The molecule has 0 aromatic heterocycles. The lowest BCUT2D eigenvalue weighted by molar-refractivity contribution is 0.475. The third-order valence-electron chi connectivity index (χ3n) is 2.78. The molecule has 0 saturated heterocycles. The van der Waals surface area contributed by atoms with E-state index in [4.69, 9.17) is 5.73 Å². The number of phenols is 1. The van der Waals surface area contributed by atoms with Gasteiger partial charge in [-0.25, -0.2) is 4.39 Å². The van der Waals surface area contributed by atoms with Crippen molar-refractivity contribution in [2.45, 2.75) is 6.54 Å². The Morgan fingerprint density at radius 1 is 1.17 bits per heavy atom. The molecule has 2 rings (SSSR count). The minimum atomic E-state index is -0.397. The Balaban J connectivity index is 2.13. The molecule has 0 aliphatic heterocycles. The second-order valence-corrected chi connectivity index (χ2v) is 4.23. The van der Waals surface area contributed by atoms with E-state index in [1.54, 1.807) is 24.3 Å². The van der Waals surface area contributed by atoms with Crippen molar-refractivity contribution < 1.29 is 9.50 Å². The lowest BCUT2D eigenvalue weighted by Gasteiger charge is -2.19. The number of benzene rings is 2. The normalized spacial score (nSPS) is 10.3. The Bertz CT molecular complexity index is 540. The van der Waals surface area contributed by atoms with Crippen molar-refractivity contribution in [2.24, 2.45) is 0 Å². The molecule has 0 saturated carbocycles. The predicted molar refractivity (Wildman–Crippen MR) is 71.0 cm³/mol. The summed E-state index contributed by atoms with van der Waals surface area (Å²) in [5.74, 6) is -0.169. The molecule has 2 aromatic rings. The summed E-state index contributed by atoms with van der Waals surface area (Å²) in [4.78, 5) is 1.96. The second kappa shape index (κ2) is 4.96. The van der Waals surface area contributed by atoms with Crippen LogP contribution in [0.1, 0.15) is 5.56 Å². The summed E-state index contributed by atoms with van der Waals surface area (Å²) >= 11 is 0. The highest BCUT2D eigenvalue weighted by atomic mass is 19.1. The smallest absolute Gasteiger partial charge is 0.146 e. The molecule has 0 bridgehead atoms. The fraction of sp³-hybridized carbons (Fsp3) is 0.143. The van der Waals surface area contributed by atoms with Gasteiger partial charge in [-0.05, 0) is 42.0 Å². The van der Waals surface area contributed by atoms with Crippen molar-refractivity contribution in [3.63, 3.8) is 0 Å². The highest BCUT2D eigenvalue weighted by Gasteiger charge is 2.04. The third-order valence-corrected chi connectivity index (χ3v) is 2.78. The summed E-state index contributed by atoms with van der Waals surface area (Å²) in [5.41, 5.74) is 7.38. The number of nitrogens with zero attached hydrogens (tertiary/aromatic N) is 1. The average molecular weight is 246 g/mol. The number of phenolic OH excluding ortho intramolecular Hbond substituents is 1. The largest absolute Gasteiger partial charge is 0.508 e. The van der Waals surface area contributed by atoms with Crippen molar-refractivity contribution in [1.82, 2.24) is 0 Å². The molecule has 94 valence electrons. The molecule has 0 spiro atoms. The molecule has 18 heavy (non-hydrogen) atoms. The van der Waals surface area contributed by atoms with E-state index in [0.29, 0.717) is 6.54 Å². The van der Waals surface area contributed by atoms with Gasteiger partial charge in [-0.2, -0.15) is 0 Å². The lowest BCUT2D eigenvalue weighted by atomic mass is 10.2. The average Bonchev–Trinajstić information content (AvgIpc) is 2.34. The zero-order chi connectivity index (χ0) is 13.1. The highest BCUT2D eigenvalue weighted by Crippen LogP contribution is 2.20. The number of rotatable bonds is 3. The maximum atomic E-state index is 13.3. The van der Waals surface area contributed by atoms with Crippen molar-refractivity contribution in [3.05, 3.63) is 53.8 Å². The van der Waals surface area contributed by atoms with E-state index in [0.717, 1.165) is 11.3 Å². The van der Waals surface area contributed by atoms with E-state index in [2.05, 4.69) is 0 Å². The topological polar surface area (TPSA) is 49.5 Å². The van der Waals surface area contributed by atoms with Gasteiger partial charge in [0.15, 0.2) is 0 Å². The first-order valence-electron chi connectivity index (χ1n) is 5.60. The number of hydrogen-bond acceptors (Lipinski definition) is 3. The summed E-state index contributed by atoms with van der Waals surface area (Å²) in [6.07, 6.45) is 0.